The van der Waals surface area contributed by atoms with Crippen molar-refractivity contribution in [3.8, 4) is 0 Å². The van der Waals surface area contributed by atoms with E-state index in [1.165, 1.54) is 30.6 Å². The van der Waals surface area contributed by atoms with Gasteiger partial charge >= 0.3 is 0 Å². The lowest BCUT2D eigenvalue weighted by Gasteiger charge is -2.20. The summed E-state index contributed by atoms with van der Waals surface area (Å²) in [5.74, 6) is 0.602. The van der Waals surface area contributed by atoms with Crippen LogP contribution in [0.3, 0.4) is 0 Å². The van der Waals surface area contributed by atoms with Crippen molar-refractivity contribution in [2.75, 3.05) is 11.6 Å². The molecule has 0 unspecified atom stereocenters. The smallest absolute Gasteiger partial charge is 0.233 e. The standard InChI is InChI=1S/C22H24N2OS2/c1-26-17-12-10-16(11-13-17)18(14-15-6-2-3-7-15)21(25)24-22-23-19-8-4-5-9-20(19)27-22/h4-5,8-13,15,18H,2-3,6-7,14H2,1H3,(H,23,24,25)/t18-/m1/s1. The van der Waals surface area contributed by atoms with E-state index in [4.69, 9.17) is 0 Å². The third kappa shape index (κ3) is 4.36. The fourth-order valence-electron chi connectivity index (χ4n) is 3.93. The molecule has 3 aromatic rings. The summed E-state index contributed by atoms with van der Waals surface area (Å²) in [6.07, 6.45) is 8.08. The van der Waals surface area contributed by atoms with E-state index in [-0.39, 0.29) is 11.8 Å². The van der Waals surface area contributed by atoms with Gasteiger partial charge < -0.3 is 5.32 Å². The third-order valence-electron chi connectivity index (χ3n) is 5.40. The molecule has 1 fully saturated rings. The van der Waals surface area contributed by atoms with Crippen molar-refractivity contribution in [1.29, 1.82) is 0 Å². The first-order valence-corrected chi connectivity index (χ1v) is 11.6. The Kier molecular flexibility index (Phi) is 5.79. The number of nitrogens with zero attached hydrogens (tertiary/aromatic N) is 1. The fraction of sp³-hybridized carbons (Fsp3) is 0.364. The van der Waals surface area contributed by atoms with Crippen LogP contribution in [0.4, 0.5) is 5.13 Å². The van der Waals surface area contributed by atoms with E-state index in [1.54, 1.807) is 23.1 Å². The van der Waals surface area contributed by atoms with Crippen LogP contribution in [0.2, 0.25) is 0 Å². The van der Waals surface area contributed by atoms with Gasteiger partial charge in [0.1, 0.15) is 0 Å². The molecule has 0 bridgehead atoms. The van der Waals surface area contributed by atoms with Gasteiger partial charge in [-0.1, -0.05) is 61.3 Å². The average molecular weight is 397 g/mol. The fourth-order valence-corrected chi connectivity index (χ4v) is 5.21. The van der Waals surface area contributed by atoms with E-state index < -0.39 is 0 Å². The van der Waals surface area contributed by atoms with Gasteiger partial charge in [0, 0.05) is 4.90 Å². The maximum atomic E-state index is 13.2. The summed E-state index contributed by atoms with van der Waals surface area (Å²) in [7, 11) is 0. The van der Waals surface area contributed by atoms with Gasteiger partial charge in [-0.2, -0.15) is 0 Å². The van der Waals surface area contributed by atoms with Gasteiger partial charge in [-0.05, 0) is 48.4 Å². The van der Waals surface area contributed by atoms with Crippen LogP contribution in [-0.4, -0.2) is 17.1 Å². The zero-order valence-corrected chi connectivity index (χ0v) is 17.1. The maximum absolute atomic E-state index is 13.2. The Balaban J connectivity index is 1.56. The van der Waals surface area contributed by atoms with Crippen LogP contribution in [0.5, 0.6) is 0 Å². The van der Waals surface area contributed by atoms with E-state index >= 15 is 0 Å². The van der Waals surface area contributed by atoms with Crippen molar-refractivity contribution in [1.82, 2.24) is 4.98 Å². The number of anilines is 1. The molecule has 1 saturated carbocycles. The van der Waals surface area contributed by atoms with Gasteiger partial charge in [0.15, 0.2) is 5.13 Å². The quantitative estimate of drug-likeness (QED) is 0.496. The first-order valence-electron chi connectivity index (χ1n) is 9.53. The summed E-state index contributed by atoms with van der Waals surface area (Å²) >= 11 is 3.27. The lowest BCUT2D eigenvalue weighted by atomic mass is 9.87. The Bertz CT molecular complexity index is 880. The number of thioether (sulfide) groups is 1. The number of thiazole rings is 1. The minimum absolute atomic E-state index is 0.0675. The number of hydrogen-bond donors (Lipinski definition) is 1. The number of rotatable bonds is 6. The molecule has 0 radical (unpaired) electrons. The summed E-state index contributed by atoms with van der Waals surface area (Å²) in [5.41, 5.74) is 2.05. The Morgan fingerprint density at radius 3 is 2.63 bits per heavy atom. The zero-order valence-electron chi connectivity index (χ0n) is 15.5. The normalized spacial score (nSPS) is 15.9. The topological polar surface area (TPSA) is 42.0 Å². The highest BCUT2D eigenvalue weighted by molar-refractivity contribution is 7.98. The molecule has 1 aromatic heterocycles. The minimum atomic E-state index is -0.115. The van der Waals surface area contributed by atoms with Gasteiger partial charge in [-0.15, -0.1) is 11.8 Å². The monoisotopic (exact) mass is 396 g/mol. The molecule has 4 rings (SSSR count). The van der Waals surface area contributed by atoms with Crippen LogP contribution in [0.15, 0.2) is 53.4 Å². The molecule has 1 N–H and O–H groups in total. The molecule has 140 valence electrons. The van der Waals surface area contributed by atoms with E-state index in [2.05, 4.69) is 40.8 Å². The lowest BCUT2D eigenvalue weighted by Crippen LogP contribution is -2.23. The Morgan fingerprint density at radius 2 is 1.93 bits per heavy atom. The lowest BCUT2D eigenvalue weighted by molar-refractivity contribution is -0.118. The first-order chi connectivity index (χ1) is 13.2. The Labute approximate surface area is 168 Å². The average Bonchev–Trinajstić information content (AvgIpc) is 3.35. The number of hydrogen-bond acceptors (Lipinski definition) is 4. The van der Waals surface area contributed by atoms with Crippen LogP contribution in [0.1, 0.15) is 43.6 Å². The van der Waals surface area contributed by atoms with E-state index in [0.717, 1.165) is 22.2 Å². The maximum Gasteiger partial charge on any atom is 0.233 e. The molecule has 5 heteroatoms. The molecule has 0 spiro atoms. The molecule has 3 nitrogen and oxygen atoms in total. The highest BCUT2D eigenvalue weighted by atomic mass is 32.2. The van der Waals surface area contributed by atoms with Crippen molar-refractivity contribution in [3.63, 3.8) is 0 Å². The third-order valence-corrected chi connectivity index (χ3v) is 7.10. The summed E-state index contributed by atoms with van der Waals surface area (Å²) in [6, 6.07) is 16.5. The van der Waals surface area contributed by atoms with Crippen LogP contribution in [0.25, 0.3) is 10.2 Å². The molecule has 1 heterocycles. The van der Waals surface area contributed by atoms with E-state index in [0.29, 0.717) is 11.0 Å². The highest BCUT2D eigenvalue weighted by Gasteiger charge is 2.27. The van der Waals surface area contributed by atoms with Gasteiger partial charge in [-0.3, -0.25) is 4.79 Å². The number of amides is 1. The van der Waals surface area contributed by atoms with Crippen molar-refractivity contribution in [3.05, 3.63) is 54.1 Å². The number of nitrogens with one attached hydrogen (secondary N) is 1. The Morgan fingerprint density at radius 1 is 1.19 bits per heavy atom. The van der Waals surface area contributed by atoms with Gasteiger partial charge in [-0.25, -0.2) is 4.98 Å². The largest absolute Gasteiger partial charge is 0.301 e. The first kappa shape index (κ1) is 18.5. The van der Waals surface area contributed by atoms with Crippen molar-refractivity contribution < 1.29 is 4.79 Å². The second-order valence-electron chi connectivity index (χ2n) is 7.19. The van der Waals surface area contributed by atoms with Crippen molar-refractivity contribution in [2.24, 2.45) is 5.92 Å². The molecule has 2 aromatic carbocycles. The van der Waals surface area contributed by atoms with Crippen LogP contribution >= 0.6 is 23.1 Å². The van der Waals surface area contributed by atoms with Gasteiger partial charge in [0.25, 0.3) is 0 Å². The van der Waals surface area contributed by atoms with Gasteiger partial charge in [0.2, 0.25) is 5.91 Å². The second kappa shape index (κ2) is 8.44. The molecule has 1 atom stereocenters. The summed E-state index contributed by atoms with van der Waals surface area (Å²) in [6.45, 7) is 0. The molecular formula is C22H24N2OS2. The molecule has 0 saturated heterocycles. The molecule has 0 aliphatic heterocycles. The number of carbonyl (C=O) groups is 1. The molecular weight excluding hydrogens is 372 g/mol. The van der Waals surface area contributed by atoms with Crippen LogP contribution in [0, 0.1) is 5.92 Å². The number of para-hydroxylation sites is 1. The van der Waals surface area contributed by atoms with E-state index in [9.17, 15) is 4.79 Å². The summed E-state index contributed by atoms with van der Waals surface area (Å²) in [5, 5.41) is 3.79. The van der Waals surface area contributed by atoms with Crippen molar-refractivity contribution >= 4 is 44.4 Å². The summed E-state index contributed by atoms with van der Waals surface area (Å²) in [4.78, 5) is 19.0. The number of benzene rings is 2. The van der Waals surface area contributed by atoms with Crippen molar-refractivity contribution in [2.45, 2.75) is 42.9 Å². The molecule has 1 amide bonds. The molecule has 27 heavy (non-hydrogen) atoms. The van der Waals surface area contributed by atoms with Crippen LogP contribution < -0.4 is 5.32 Å². The molecule has 1 aliphatic carbocycles. The zero-order chi connectivity index (χ0) is 18.6. The van der Waals surface area contributed by atoms with Crippen LogP contribution in [-0.2, 0) is 4.79 Å². The number of carbonyl (C=O) groups excluding carboxylic acids is 1. The Hall–Kier alpha value is -1.85. The highest BCUT2D eigenvalue weighted by Crippen LogP contribution is 2.36. The molecule has 1 aliphatic rings. The predicted octanol–water partition coefficient (Wildman–Crippen LogP) is 6.32. The second-order valence-corrected chi connectivity index (χ2v) is 9.10. The number of fused-ring (bicyclic) bond motifs is 1. The summed E-state index contributed by atoms with van der Waals surface area (Å²) < 4.78 is 1.10. The number of aromatic nitrogens is 1. The predicted molar refractivity (Wildman–Crippen MR) is 116 cm³/mol. The van der Waals surface area contributed by atoms with Gasteiger partial charge in [0.05, 0.1) is 16.1 Å². The van der Waals surface area contributed by atoms with E-state index in [1.807, 2.05) is 24.3 Å². The SMILES string of the molecule is CSc1ccc([C@@H](CC2CCCC2)C(=O)Nc2nc3ccccc3s2)cc1. The minimum Gasteiger partial charge on any atom is -0.301 e.